The van der Waals surface area contributed by atoms with Crippen molar-refractivity contribution >= 4 is 17.4 Å². The van der Waals surface area contributed by atoms with E-state index in [1.54, 1.807) is 24.3 Å². The van der Waals surface area contributed by atoms with Crippen molar-refractivity contribution in [3.63, 3.8) is 0 Å². The number of phenols is 2. The molecule has 1 fully saturated rings. The molecule has 4 rings (SSSR count). The predicted octanol–water partition coefficient (Wildman–Crippen LogP) is 5.17. The maximum atomic E-state index is 13.1. The molecule has 0 radical (unpaired) electrons. The molecule has 0 amide bonds. The van der Waals surface area contributed by atoms with Crippen LogP contribution < -0.4 is 0 Å². The Bertz CT molecular complexity index is 973. The molecule has 6 heteroatoms. The van der Waals surface area contributed by atoms with Crippen LogP contribution in [0.3, 0.4) is 0 Å². The lowest BCUT2D eigenvalue weighted by molar-refractivity contribution is 0.168. The van der Waals surface area contributed by atoms with Gasteiger partial charge in [-0.2, -0.15) is 0 Å². The fourth-order valence-corrected chi connectivity index (χ4v) is 4.54. The van der Waals surface area contributed by atoms with Crippen LogP contribution in [-0.2, 0) is 11.2 Å². The topological polar surface area (TPSA) is 52.9 Å². The van der Waals surface area contributed by atoms with Crippen LogP contribution in [-0.4, -0.2) is 32.4 Å². The van der Waals surface area contributed by atoms with E-state index in [9.17, 15) is 14.6 Å². The van der Waals surface area contributed by atoms with Crippen molar-refractivity contribution in [3.8, 4) is 11.5 Å². The van der Waals surface area contributed by atoms with Crippen LogP contribution in [0.25, 0.3) is 0 Å². The van der Waals surface area contributed by atoms with E-state index in [4.69, 9.17) is 17.0 Å². The number of benzene rings is 2. The van der Waals surface area contributed by atoms with Crippen LogP contribution in [0.5, 0.6) is 11.5 Å². The van der Waals surface area contributed by atoms with Gasteiger partial charge in [0.05, 0.1) is 12.1 Å². The number of rotatable bonds is 6. The SMILES string of the molecule is Oc1ccc([C@@H]2[C@@H](CCCc3ccc(F)cc3)OC(=S)N2C2C=CC=CC2)c(O)c1. The molecule has 30 heavy (non-hydrogen) atoms. The monoisotopic (exact) mass is 425 g/mol. The van der Waals surface area contributed by atoms with Gasteiger partial charge in [-0.05, 0) is 67.7 Å². The lowest BCUT2D eigenvalue weighted by atomic mass is 9.93. The molecule has 1 saturated heterocycles. The standard InChI is InChI=1S/C24H24FNO3S/c25-17-11-9-16(10-12-17)5-4-8-22-23(20-14-13-19(27)15-21(20)28)26(24(30)29-22)18-6-2-1-3-7-18/h1-3,6,9-15,18,22-23,27-28H,4-5,7-8H2/t18?,22-,23-/m1/s1. The summed E-state index contributed by atoms with van der Waals surface area (Å²) in [6.45, 7) is 0. The molecule has 2 aliphatic rings. The summed E-state index contributed by atoms with van der Waals surface area (Å²) in [7, 11) is 0. The summed E-state index contributed by atoms with van der Waals surface area (Å²) < 4.78 is 19.2. The van der Waals surface area contributed by atoms with Gasteiger partial charge in [-0.3, -0.25) is 0 Å². The maximum Gasteiger partial charge on any atom is 0.260 e. The second kappa shape index (κ2) is 8.88. The number of aryl methyl sites for hydroxylation is 1. The first kappa shape index (κ1) is 20.4. The molecule has 0 saturated carbocycles. The van der Waals surface area contributed by atoms with E-state index in [1.807, 2.05) is 17.1 Å². The van der Waals surface area contributed by atoms with Gasteiger partial charge in [0.1, 0.15) is 23.4 Å². The Hall–Kier alpha value is -2.86. The number of ether oxygens (including phenoxy) is 1. The van der Waals surface area contributed by atoms with Crippen LogP contribution in [0.1, 0.15) is 36.4 Å². The second-order valence-corrected chi connectivity index (χ2v) is 8.00. The maximum absolute atomic E-state index is 13.1. The van der Waals surface area contributed by atoms with E-state index < -0.39 is 0 Å². The summed E-state index contributed by atoms with van der Waals surface area (Å²) in [5.74, 6) is -0.203. The molecule has 2 aromatic carbocycles. The highest BCUT2D eigenvalue weighted by Gasteiger charge is 2.43. The zero-order valence-electron chi connectivity index (χ0n) is 16.4. The summed E-state index contributed by atoms with van der Waals surface area (Å²) in [6, 6.07) is 11.0. The average Bonchev–Trinajstić information content (AvgIpc) is 3.06. The zero-order chi connectivity index (χ0) is 21.1. The van der Waals surface area contributed by atoms with Gasteiger partial charge < -0.3 is 19.8 Å². The Kier molecular flexibility index (Phi) is 6.04. The molecule has 0 aromatic heterocycles. The van der Waals surface area contributed by atoms with E-state index in [0.29, 0.717) is 10.7 Å². The van der Waals surface area contributed by atoms with Crippen molar-refractivity contribution in [2.75, 3.05) is 0 Å². The number of thiocarbonyl (C=S) groups is 1. The summed E-state index contributed by atoms with van der Waals surface area (Å²) >= 11 is 5.58. The van der Waals surface area contributed by atoms with Gasteiger partial charge in [-0.15, -0.1) is 0 Å². The number of nitrogens with zero attached hydrogens (tertiary/aromatic N) is 1. The van der Waals surface area contributed by atoms with Gasteiger partial charge in [-0.25, -0.2) is 4.39 Å². The van der Waals surface area contributed by atoms with Gasteiger partial charge >= 0.3 is 0 Å². The van der Waals surface area contributed by atoms with Gasteiger partial charge in [0, 0.05) is 11.6 Å². The zero-order valence-corrected chi connectivity index (χ0v) is 17.3. The fraction of sp³-hybridized carbons (Fsp3) is 0.292. The average molecular weight is 426 g/mol. The van der Waals surface area contributed by atoms with Crippen LogP contribution >= 0.6 is 12.2 Å². The summed E-state index contributed by atoms with van der Waals surface area (Å²) in [4.78, 5) is 2.05. The molecule has 0 spiro atoms. The number of hydrogen-bond donors (Lipinski definition) is 2. The van der Waals surface area contributed by atoms with Crippen LogP contribution in [0.15, 0.2) is 66.8 Å². The first-order valence-corrected chi connectivity index (χ1v) is 10.5. The van der Waals surface area contributed by atoms with Gasteiger partial charge in [-0.1, -0.05) is 36.4 Å². The molecule has 4 nitrogen and oxygen atoms in total. The first-order chi connectivity index (χ1) is 14.5. The van der Waals surface area contributed by atoms with Crippen LogP contribution in [0, 0.1) is 5.82 Å². The van der Waals surface area contributed by atoms with Crippen molar-refractivity contribution in [2.45, 2.75) is 43.9 Å². The fourth-order valence-electron chi connectivity index (χ4n) is 4.17. The normalized spacial score (nSPS) is 23.0. The minimum absolute atomic E-state index is 0.0117. The van der Waals surface area contributed by atoms with E-state index >= 15 is 0 Å². The first-order valence-electron chi connectivity index (χ1n) is 10.1. The number of aromatic hydroxyl groups is 2. The van der Waals surface area contributed by atoms with E-state index in [0.717, 1.165) is 31.2 Å². The van der Waals surface area contributed by atoms with Gasteiger partial charge in [0.15, 0.2) is 0 Å². The predicted molar refractivity (Wildman–Crippen MR) is 118 cm³/mol. The lowest BCUT2D eigenvalue weighted by Crippen LogP contribution is -2.38. The van der Waals surface area contributed by atoms with E-state index in [2.05, 4.69) is 12.2 Å². The molecular formula is C24H24FNO3S. The molecule has 1 heterocycles. The Labute approximate surface area is 180 Å². The summed E-state index contributed by atoms with van der Waals surface area (Å²) in [5, 5.41) is 20.7. The minimum atomic E-state index is -0.257. The van der Waals surface area contributed by atoms with Crippen molar-refractivity contribution in [3.05, 3.63) is 83.7 Å². The molecular weight excluding hydrogens is 401 g/mol. The quantitative estimate of drug-likeness (QED) is 0.626. The van der Waals surface area contributed by atoms with Gasteiger partial charge in [0.2, 0.25) is 0 Å². The molecule has 1 aliphatic heterocycles. The Morgan fingerprint density at radius 1 is 1.10 bits per heavy atom. The largest absolute Gasteiger partial charge is 0.508 e. The highest BCUT2D eigenvalue weighted by molar-refractivity contribution is 7.80. The Morgan fingerprint density at radius 2 is 1.90 bits per heavy atom. The van der Waals surface area contributed by atoms with Crippen molar-refractivity contribution in [1.82, 2.24) is 4.90 Å². The molecule has 2 aromatic rings. The molecule has 0 bridgehead atoms. The molecule has 1 aliphatic carbocycles. The highest BCUT2D eigenvalue weighted by Crippen LogP contribution is 2.42. The summed E-state index contributed by atoms with van der Waals surface area (Å²) in [6.07, 6.45) is 11.1. The Morgan fingerprint density at radius 3 is 2.60 bits per heavy atom. The van der Waals surface area contributed by atoms with Crippen LogP contribution in [0.2, 0.25) is 0 Å². The minimum Gasteiger partial charge on any atom is -0.508 e. The molecule has 2 N–H and O–H groups in total. The van der Waals surface area contributed by atoms with Crippen molar-refractivity contribution in [1.29, 1.82) is 0 Å². The lowest BCUT2D eigenvalue weighted by Gasteiger charge is -2.32. The summed E-state index contributed by atoms with van der Waals surface area (Å²) in [5.41, 5.74) is 1.75. The highest BCUT2D eigenvalue weighted by atomic mass is 32.1. The number of allylic oxidation sites excluding steroid dienone is 2. The third-order valence-corrected chi connectivity index (χ3v) is 5.94. The molecule has 3 atom stereocenters. The van der Waals surface area contributed by atoms with E-state index in [1.165, 1.54) is 18.2 Å². The Balaban J connectivity index is 1.56. The number of halogens is 1. The smallest absolute Gasteiger partial charge is 0.260 e. The third kappa shape index (κ3) is 4.33. The van der Waals surface area contributed by atoms with Crippen LogP contribution in [0.4, 0.5) is 4.39 Å². The second-order valence-electron chi connectivity index (χ2n) is 7.65. The molecule has 1 unspecified atom stereocenters. The van der Waals surface area contributed by atoms with Crippen molar-refractivity contribution in [2.24, 2.45) is 0 Å². The number of hydrogen-bond acceptors (Lipinski definition) is 4. The van der Waals surface area contributed by atoms with E-state index in [-0.39, 0.29) is 35.5 Å². The number of phenolic OH excluding ortho intramolecular Hbond substituents is 2. The van der Waals surface area contributed by atoms with Crippen molar-refractivity contribution < 1.29 is 19.3 Å². The van der Waals surface area contributed by atoms with Gasteiger partial charge in [0.25, 0.3) is 5.17 Å². The molecule has 156 valence electrons. The third-order valence-electron chi connectivity index (χ3n) is 5.63.